The van der Waals surface area contributed by atoms with Crippen LogP contribution in [0.3, 0.4) is 0 Å². The van der Waals surface area contributed by atoms with Gasteiger partial charge in [-0.1, -0.05) is 21.6 Å². The van der Waals surface area contributed by atoms with Crippen LogP contribution in [0.1, 0.15) is 17.5 Å². The first-order chi connectivity index (χ1) is 11.8. The van der Waals surface area contributed by atoms with Crippen LogP contribution in [0.25, 0.3) is 0 Å². The van der Waals surface area contributed by atoms with Crippen molar-refractivity contribution in [3.63, 3.8) is 0 Å². The first-order valence-electron chi connectivity index (χ1n) is 7.10. The van der Waals surface area contributed by atoms with Gasteiger partial charge in [0.1, 0.15) is 6.61 Å². The molecule has 1 aromatic rings. The van der Waals surface area contributed by atoms with Gasteiger partial charge in [0.2, 0.25) is 0 Å². The van der Waals surface area contributed by atoms with Gasteiger partial charge in [0.15, 0.2) is 23.3 Å². The number of halogens is 4. The molecule has 0 aliphatic rings. The normalized spacial score (nSPS) is 10.6. The van der Waals surface area contributed by atoms with E-state index in [1.807, 2.05) is 0 Å². The molecule has 25 heavy (non-hydrogen) atoms. The molecule has 0 radical (unpaired) electrons. The molecule has 11 heteroatoms. The molecule has 1 aromatic carbocycles. The van der Waals surface area contributed by atoms with Crippen molar-refractivity contribution >= 4 is 27.7 Å². The lowest BCUT2D eigenvalue weighted by atomic mass is 10.0. The summed E-state index contributed by atoms with van der Waals surface area (Å²) in [6, 6.07) is 0. The molecule has 0 aliphatic carbocycles. The minimum atomic E-state index is -1.37. The molecule has 1 amide bonds. The Morgan fingerprint density at radius 2 is 1.64 bits per heavy atom. The maximum atomic E-state index is 13.7. The maximum Gasteiger partial charge on any atom is 0.432 e. The fraction of sp³-hybridized carbons (Fsp3) is 0.500. The molecule has 0 saturated carbocycles. The summed E-state index contributed by atoms with van der Waals surface area (Å²) in [5.74, 6) is -4.54. The summed E-state index contributed by atoms with van der Waals surface area (Å²) in [6.45, 7) is 1.04. The van der Waals surface area contributed by atoms with Gasteiger partial charge in [-0.3, -0.25) is 0 Å². The van der Waals surface area contributed by atoms with Crippen molar-refractivity contribution in [3.05, 3.63) is 39.3 Å². The summed E-state index contributed by atoms with van der Waals surface area (Å²) in [5, 5.41) is 2.89. The minimum absolute atomic E-state index is 0.0635. The van der Waals surface area contributed by atoms with Crippen LogP contribution in [-0.2, 0) is 11.2 Å². The third-order valence-corrected chi connectivity index (χ3v) is 5.55. The minimum Gasteiger partial charge on any atom is -0.447 e. The lowest BCUT2D eigenvalue weighted by Crippen LogP contribution is -2.22. The highest BCUT2D eigenvalue weighted by Crippen LogP contribution is 2.26. The van der Waals surface area contributed by atoms with Crippen molar-refractivity contribution in [1.29, 1.82) is 0 Å². The van der Waals surface area contributed by atoms with Gasteiger partial charge in [0.25, 0.3) is 0 Å². The van der Waals surface area contributed by atoms with Crippen LogP contribution < -0.4 is 0 Å². The van der Waals surface area contributed by atoms with Gasteiger partial charge >= 0.3 is 6.09 Å². The Kier molecular flexibility index (Phi) is 9.04. The molecule has 0 heterocycles. The standard InChI is InChI=1S/C14H16F4N2O3S2/c1-8-10(15)12(17)9(13(18)11(8)16)4-3-6-24-25-7-5-23-14(21)20(2)19-22/h3-7H2,1-2H3. The van der Waals surface area contributed by atoms with E-state index in [4.69, 9.17) is 4.74 Å². The van der Waals surface area contributed by atoms with Crippen molar-refractivity contribution in [2.75, 3.05) is 25.2 Å². The molecule has 0 fully saturated rings. The Hall–Kier alpha value is -1.49. The lowest BCUT2D eigenvalue weighted by Gasteiger charge is -2.09. The summed E-state index contributed by atoms with van der Waals surface area (Å²) < 4.78 is 58.9. The number of carbonyl (C=O) groups excluding carboxylic acids is 1. The quantitative estimate of drug-likeness (QED) is 0.151. The second kappa shape index (κ2) is 10.5. The molecule has 0 aliphatic heterocycles. The number of nitrogens with zero attached hydrogens (tertiary/aromatic N) is 2. The molecule has 0 spiro atoms. The zero-order valence-corrected chi connectivity index (χ0v) is 15.1. The lowest BCUT2D eigenvalue weighted by molar-refractivity contribution is 0.118. The van der Waals surface area contributed by atoms with Gasteiger partial charge in [-0.25, -0.2) is 22.4 Å². The number of hydrogen-bond acceptors (Lipinski definition) is 6. The Labute approximate surface area is 149 Å². The SMILES string of the molecule is Cc1c(F)c(F)c(CCCSSCCOC(=O)N(C)N=O)c(F)c1F. The molecular formula is C14H16F4N2O3S2. The van der Waals surface area contributed by atoms with Gasteiger partial charge in [-0.15, -0.1) is 4.91 Å². The number of nitroso groups, excluding NO2 is 1. The van der Waals surface area contributed by atoms with E-state index in [0.717, 1.165) is 14.0 Å². The van der Waals surface area contributed by atoms with Crippen LogP contribution in [-0.4, -0.2) is 36.3 Å². The predicted octanol–water partition coefficient (Wildman–Crippen LogP) is 4.62. The van der Waals surface area contributed by atoms with Crippen molar-refractivity contribution in [2.45, 2.75) is 19.8 Å². The molecule has 140 valence electrons. The topological polar surface area (TPSA) is 59.0 Å². The van der Waals surface area contributed by atoms with Crippen molar-refractivity contribution in [1.82, 2.24) is 5.01 Å². The van der Waals surface area contributed by atoms with Gasteiger partial charge in [-0.2, -0.15) is 5.01 Å². The molecule has 0 atom stereocenters. The van der Waals surface area contributed by atoms with Crippen LogP contribution >= 0.6 is 21.6 Å². The van der Waals surface area contributed by atoms with E-state index in [0.29, 0.717) is 22.9 Å². The third kappa shape index (κ3) is 6.07. The van der Waals surface area contributed by atoms with Gasteiger partial charge < -0.3 is 4.74 Å². The molecule has 0 aromatic heterocycles. The Morgan fingerprint density at radius 3 is 2.20 bits per heavy atom. The van der Waals surface area contributed by atoms with Crippen LogP contribution in [0.5, 0.6) is 0 Å². The number of hydrogen-bond donors (Lipinski definition) is 0. The number of benzene rings is 1. The summed E-state index contributed by atoms with van der Waals surface area (Å²) >= 11 is 0. The first-order valence-corrected chi connectivity index (χ1v) is 9.59. The van der Waals surface area contributed by atoms with Gasteiger partial charge in [-0.05, 0) is 19.8 Å². The van der Waals surface area contributed by atoms with Crippen molar-refractivity contribution < 1.29 is 27.1 Å². The summed E-state index contributed by atoms with van der Waals surface area (Å²) in [4.78, 5) is 21.1. The molecule has 0 unspecified atom stereocenters. The molecule has 0 N–H and O–H groups in total. The zero-order chi connectivity index (χ0) is 19.0. The zero-order valence-electron chi connectivity index (χ0n) is 13.5. The van der Waals surface area contributed by atoms with Gasteiger partial charge in [0.05, 0.1) is 5.29 Å². The Bertz CT molecular complexity index is 606. The van der Waals surface area contributed by atoms with E-state index < -0.39 is 40.5 Å². The average molecular weight is 400 g/mol. The van der Waals surface area contributed by atoms with Crippen LogP contribution in [0.15, 0.2) is 5.29 Å². The summed E-state index contributed by atoms with van der Waals surface area (Å²) in [6.07, 6.45) is -0.690. The van der Waals surface area contributed by atoms with E-state index in [2.05, 4.69) is 5.29 Å². The van der Waals surface area contributed by atoms with E-state index in [1.165, 1.54) is 21.6 Å². The average Bonchev–Trinajstić information content (AvgIpc) is 2.61. The maximum absolute atomic E-state index is 13.7. The summed E-state index contributed by atoms with van der Waals surface area (Å²) in [5.41, 5.74) is -1.27. The Balaban J connectivity index is 2.29. The molecule has 0 bridgehead atoms. The van der Waals surface area contributed by atoms with Crippen LogP contribution in [0.2, 0.25) is 0 Å². The third-order valence-electron chi connectivity index (χ3n) is 3.09. The fourth-order valence-corrected chi connectivity index (χ4v) is 3.64. The molecule has 1 rings (SSSR count). The fourth-order valence-electron chi connectivity index (χ4n) is 1.72. The first kappa shape index (κ1) is 21.6. The predicted molar refractivity (Wildman–Crippen MR) is 89.2 cm³/mol. The monoisotopic (exact) mass is 400 g/mol. The van der Waals surface area contributed by atoms with Gasteiger partial charge in [0, 0.05) is 29.7 Å². The molecule has 0 saturated heterocycles. The van der Waals surface area contributed by atoms with E-state index in [-0.39, 0.29) is 13.0 Å². The number of ether oxygens (including phenoxy) is 1. The highest BCUT2D eigenvalue weighted by molar-refractivity contribution is 8.76. The second-order valence-electron chi connectivity index (χ2n) is 4.83. The highest BCUT2D eigenvalue weighted by Gasteiger charge is 2.22. The molecule has 5 nitrogen and oxygen atoms in total. The number of rotatable bonds is 9. The van der Waals surface area contributed by atoms with Crippen LogP contribution in [0.4, 0.5) is 22.4 Å². The van der Waals surface area contributed by atoms with Crippen molar-refractivity contribution in [2.24, 2.45) is 5.29 Å². The number of amides is 1. The summed E-state index contributed by atoms with van der Waals surface area (Å²) in [7, 11) is 3.86. The van der Waals surface area contributed by atoms with Crippen LogP contribution in [0, 0.1) is 35.1 Å². The molecular weight excluding hydrogens is 384 g/mol. The van der Waals surface area contributed by atoms with E-state index in [1.54, 1.807) is 0 Å². The number of carbonyl (C=O) groups is 1. The van der Waals surface area contributed by atoms with E-state index in [9.17, 15) is 27.3 Å². The van der Waals surface area contributed by atoms with Crippen molar-refractivity contribution in [3.8, 4) is 0 Å². The van der Waals surface area contributed by atoms with E-state index >= 15 is 0 Å². The smallest absolute Gasteiger partial charge is 0.432 e. The Morgan fingerprint density at radius 1 is 1.08 bits per heavy atom. The second-order valence-corrected chi connectivity index (χ2v) is 7.53. The highest BCUT2D eigenvalue weighted by atomic mass is 33.1. The largest absolute Gasteiger partial charge is 0.447 e.